The molecule has 0 aliphatic heterocycles. The van der Waals surface area contributed by atoms with Crippen molar-refractivity contribution in [3.63, 3.8) is 0 Å². The van der Waals surface area contributed by atoms with Crippen molar-refractivity contribution in [3.05, 3.63) is 29.8 Å². The van der Waals surface area contributed by atoms with Gasteiger partial charge in [-0.05, 0) is 25.0 Å². The molecule has 1 N–H and O–H groups in total. The highest BCUT2D eigenvalue weighted by Gasteiger charge is 2.33. The highest BCUT2D eigenvalue weighted by Crippen LogP contribution is 2.33. The van der Waals surface area contributed by atoms with Gasteiger partial charge in [0.25, 0.3) is 0 Å². The van der Waals surface area contributed by atoms with Crippen LogP contribution in [0.25, 0.3) is 0 Å². The molecule has 0 heterocycles. The fraction of sp³-hybridized carbons (Fsp3) is 0.500. The fourth-order valence-corrected chi connectivity index (χ4v) is 1.68. The van der Waals surface area contributed by atoms with Crippen molar-refractivity contribution >= 4 is 40.5 Å². The average molecular weight is 297 g/mol. The molecule has 0 radical (unpaired) electrons. The van der Waals surface area contributed by atoms with Crippen LogP contribution in [0.2, 0.25) is 0 Å². The lowest BCUT2D eigenvalue weighted by atomic mass is 10.2. The summed E-state index contributed by atoms with van der Waals surface area (Å²) in [6.07, 6.45) is 0.209. The summed E-state index contributed by atoms with van der Waals surface area (Å²) in [7, 11) is 0. The lowest BCUT2D eigenvalue weighted by molar-refractivity contribution is 0.0753. The maximum absolute atomic E-state index is 5.88. The van der Waals surface area contributed by atoms with Gasteiger partial charge in [0.15, 0.2) is 6.23 Å². The first-order valence-electron chi connectivity index (χ1n) is 5.45. The molecule has 0 fully saturated rings. The normalized spacial score (nSPS) is 13.5. The second-order valence-electron chi connectivity index (χ2n) is 3.75. The predicted molar refractivity (Wildman–Crippen MR) is 75.1 cm³/mol. The minimum Gasteiger partial charge on any atom is -0.356 e. The first kappa shape index (κ1) is 14.9. The summed E-state index contributed by atoms with van der Waals surface area (Å²) in [5.74, 6) is 0. The molecule has 17 heavy (non-hydrogen) atoms. The van der Waals surface area contributed by atoms with Gasteiger partial charge in [-0.15, -0.1) is 0 Å². The third kappa shape index (κ3) is 4.92. The van der Waals surface area contributed by atoms with E-state index in [2.05, 4.69) is 5.32 Å². The van der Waals surface area contributed by atoms with Crippen molar-refractivity contribution in [2.75, 3.05) is 11.9 Å². The standard InChI is InChI=1S/C12H16Cl3NO/c1-3-8-17-11(12(13,14)15)16-10-7-5-4-6-9(10)2/h4-7,11,16H,3,8H2,1-2H3. The van der Waals surface area contributed by atoms with Gasteiger partial charge in [-0.2, -0.15) is 0 Å². The van der Waals surface area contributed by atoms with E-state index in [9.17, 15) is 0 Å². The zero-order chi connectivity index (χ0) is 12.9. The number of hydrogen-bond donors (Lipinski definition) is 1. The third-order valence-electron chi connectivity index (χ3n) is 2.22. The Balaban J connectivity index is 2.76. The van der Waals surface area contributed by atoms with Crippen LogP contribution >= 0.6 is 34.8 Å². The molecule has 0 aliphatic carbocycles. The second kappa shape index (κ2) is 6.69. The molecule has 5 heteroatoms. The number of hydrogen-bond acceptors (Lipinski definition) is 2. The quantitative estimate of drug-likeness (QED) is 0.637. The van der Waals surface area contributed by atoms with Crippen LogP contribution in [0.4, 0.5) is 5.69 Å². The molecule has 1 aromatic rings. The molecule has 1 aromatic carbocycles. The van der Waals surface area contributed by atoms with E-state index in [4.69, 9.17) is 39.5 Å². The second-order valence-corrected chi connectivity index (χ2v) is 6.12. The van der Waals surface area contributed by atoms with E-state index in [0.29, 0.717) is 6.61 Å². The number of aryl methyl sites for hydroxylation is 1. The first-order valence-corrected chi connectivity index (χ1v) is 6.59. The highest BCUT2D eigenvalue weighted by molar-refractivity contribution is 6.68. The predicted octanol–water partition coefficient (Wildman–Crippen LogP) is 4.53. The largest absolute Gasteiger partial charge is 0.356 e. The molecule has 0 saturated carbocycles. The number of halogens is 3. The number of alkyl halides is 3. The highest BCUT2D eigenvalue weighted by atomic mass is 35.6. The van der Waals surface area contributed by atoms with Crippen LogP contribution in [-0.4, -0.2) is 16.6 Å². The first-order chi connectivity index (χ1) is 7.95. The lowest BCUT2D eigenvalue weighted by Gasteiger charge is -2.27. The number of ether oxygens (including phenoxy) is 1. The van der Waals surface area contributed by atoms with Crippen LogP contribution in [0.1, 0.15) is 18.9 Å². The SMILES string of the molecule is CCCOC(Nc1ccccc1C)C(Cl)(Cl)Cl. The Hall–Kier alpha value is -0.150. The molecule has 1 unspecified atom stereocenters. The van der Waals surface area contributed by atoms with E-state index < -0.39 is 10.0 Å². The molecule has 2 nitrogen and oxygen atoms in total. The van der Waals surface area contributed by atoms with Gasteiger partial charge >= 0.3 is 0 Å². The van der Waals surface area contributed by atoms with Gasteiger partial charge < -0.3 is 10.1 Å². The van der Waals surface area contributed by atoms with E-state index >= 15 is 0 Å². The average Bonchev–Trinajstić information content (AvgIpc) is 2.25. The molecular weight excluding hydrogens is 280 g/mol. The molecule has 0 amide bonds. The van der Waals surface area contributed by atoms with Crippen LogP contribution in [0.5, 0.6) is 0 Å². The van der Waals surface area contributed by atoms with Gasteiger partial charge in [0.2, 0.25) is 3.79 Å². The minimum atomic E-state index is -1.50. The van der Waals surface area contributed by atoms with Gasteiger partial charge in [-0.3, -0.25) is 0 Å². The van der Waals surface area contributed by atoms with Gasteiger partial charge in [-0.25, -0.2) is 0 Å². The van der Waals surface area contributed by atoms with E-state index in [1.807, 2.05) is 38.1 Å². The summed E-state index contributed by atoms with van der Waals surface area (Å²) in [6, 6.07) is 7.79. The topological polar surface area (TPSA) is 21.3 Å². The van der Waals surface area contributed by atoms with Crippen molar-refractivity contribution in [2.24, 2.45) is 0 Å². The monoisotopic (exact) mass is 295 g/mol. The van der Waals surface area contributed by atoms with Crippen LogP contribution in [-0.2, 0) is 4.74 Å². The Morgan fingerprint density at radius 2 is 1.94 bits per heavy atom. The van der Waals surface area contributed by atoms with Gasteiger partial charge in [-0.1, -0.05) is 59.9 Å². The van der Waals surface area contributed by atoms with Crippen LogP contribution < -0.4 is 5.32 Å². The van der Waals surface area contributed by atoms with Crippen molar-refractivity contribution in [2.45, 2.75) is 30.3 Å². The maximum Gasteiger partial charge on any atom is 0.234 e. The summed E-state index contributed by atoms with van der Waals surface area (Å²) < 4.78 is 4.01. The van der Waals surface area contributed by atoms with Gasteiger partial charge in [0.05, 0.1) is 0 Å². The number of benzene rings is 1. The Morgan fingerprint density at radius 1 is 1.29 bits per heavy atom. The fourth-order valence-electron chi connectivity index (χ4n) is 1.33. The third-order valence-corrected chi connectivity index (χ3v) is 2.81. The summed E-state index contributed by atoms with van der Waals surface area (Å²) in [6.45, 7) is 4.53. The zero-order valence-corrected chi connectivity index (χ0v) is 12.1. The number of anilines is 1. The Morgan fingerprint density at radius 3 is 2.47 bits per heavy atom. The molecule has 0 spiro atoms. The number of nitrogens with one attached hydrogen (secondary N) is 1. The molecule has 1 rings (SSSR count). The smallest absolute Gasteiger partial charge is 0.234 e. The molecule has 0 bridgehead atoms. The van der Waals surface area contributed by atoms with Crippen molar-refractivity contribution in [1.82, 2.24) is 0 Å². The number of rotatable bonds is 5. The summed E-state index contributed by atoms with van der Waals surface area (Å²) in [5, 5.41) is 3.10. The zero-order valence-electron chi connectivity index (χ0n) is 9.84. The van der Waals surface area contributed by atoms with E-state index in [0.717, 1.165) is 17.7 Å². The molecule has 96 valence electrons. The molecule has 0 aliphatic rings. The van der Waals surface area contributed by atoms with Crippen LogP contribution in [0.3, 0.4) is 0 Å². The maximum atomic E-state index is 5.88. The Bertz CT molecular complexity index is 352. The number of para-hydroxylation sites is 1. The Kier molecular flexibility index (Phi) is 5.87. The van der Waals surface area contributed by atoms with Crippen molar-refractivity contribution in [1.29, 1.82) is 0 Å². The summed E-state index contributed by atoms with van der Waals surface area (Å²) in [5.41, 5.74) is 1.98. The van der Waals surface area contributed by atoms with E-state index in [1.54, 1.807) is 0 Å². The molecular formula is C12H16Cl3NO. The Labute approximate surface area is 117 Å². The van der Waals surface area contributed by atoms with Gasteiger partial charge in [0.1, 0.15) is 0 Å². The lowest BCUT2D eigenvalue weighted by Crippen LogP contribution is -2.36. The molecule has 0 aromatic heterocycles. The van der Waals surface area contributed by atoms with E-state index in [1.165, 1.54) is 0 Å². The minimum absolute atomic E-state index is 0.539. The van der Waals surface area contributed by atoms with Crippen LogP contribution in [0.15, 0.2) is 24.3 Å². The summed E-state index contributed by atoms with van der Waals surface area (Å²) in [4.78, 5) is 0. The van der Waals surface area contributed by atoms with E-state index in [-0.39, 0.29) is 0 Å². The van der Waals surface area contributed by atoms with Crippen LogP contribution in [0, 0.1) is 6.92 Å². The van der Waals surface area contributed by atoms with Gasteiger partial charge in [0, 0.05) is 12.3 Å². The summed E-state index contributed by atoms with van der Waals surface area (Å²) >= 11 is 17.6. The van der Waals surface area contributed by atoms with Crippen molar-refractivity contribution in [3.8, 4) is 0 Å². The molecule has 1 atom stereocenters. The van der Waals surface area contributed by atoms with Crippen molar-refractivity contribution < 1.29 is 4.74 Å². The molecule has 0 saturated heterocycles.